The van der Waals surface area contributed by atoms with Gasteiger partial charge in [-0.15, -0.1) is 0 Å². The Hall–Kier alpha value is -2.22. The quantitative estimate of drug-likeness (QED) is 0.700. The fourth-order valence-corrected chi connectivity index (χ4v) is 2.13. The predicted molar refractivity (Wildman–Crippen MR) is 84.9 cm³/mol. The fraction of sp³-hybridized carbons (Fsp3) is 0.211. The van der Waals surface area contributed by atoms with Gasteiger partial charge in [0.15, 0.2) is 0 Å². The van der Waals surface area contributed by atoms with E-state index in [1.54, 1.807) is 24.3 Å². The molecule has 0 N–H and O–H groups in total. The Balaban J connectivity index is 2.64. The predicted octanol–water partition coefficient (Wildman–Crippen LogP) is 5.27. The van der Waals surface area contributed by atoms with Gasteiger partial charge in [-0.25, -0.2) is 4.39 Å². The lowest BCUT2D eigenvalue weighted by Gasteiger charge is -2.21. The highest BCUT2D eigenvalue weighted by Crippen LogP contribution is 2.37. The number of halogens is 1. The molecule has 0 atom stereocenters. The van der Waals surface area contributed by atoms with E-state index >= 15 is 0 Å². The van der Waals surface area contributed by atoms with Crippen molar-refractivity contribution in [1.29, 1.82) is 0 Å². The molecule has 0 bridgehead atoms. The molecule has 0 aliphatic carbocycles. The number of benzene rings is 2. The summed E-state index contributed by atoms with van der Waals surface area (Å²) in [6.07, 6.45) is 0.788. The maximum atomic E-state index is 14.9. The Morgan fingerprint density at radius 3 is 1.90 bits per heavy atom. The van der Waals surface area contributed by atoms with Gasteiger partial charge >= 0.3 is 0 Å². The van der Waals surface area contributed by atoms with Crippen LogP contribution in [-0.2, 0) is 0 Å². The van der Waals surface area contributed by atoms with Crippen LogP contribution in [0.3, 0.4) is 0 Å². The maximum absolute atomic E-state index is 14.9. The van der Waals surface area contributed by atoms with Gasteiger partial charge in [-0.05, 0) is 11.1 Å². The van der Waals surface area contributed by atoms with Crippen molar-refractivity contribution in [2.75, 3.05) is 0 Å². The molecule has 0 saturated heterocycles. The van der Waals surface area contributed by atoms with E-state index in [2.05, 4.69) is 0 Å². The van der Waals surface area contributed by atoms with Crippen LogP contribution in [0.5, 0.6) is 0 Å². The molecule has 108 valence electrons. The minimum absolute atomic E-state index is 0.160. The summed E-state index contributed by atoms with van der Waals surface area (Å²) in [5.41, 5.74) is 2.21. The molecule has 0 radical (unpaired) electrons. The van der Waals surface area contributed by atoms with Gasteiger partial charge in [0.1, 0.15) is 12.1 Å². The second kappa shape index (κ2) is 6.04. The van der Waals surface area contributed by atoms with Crippen LogP contribution in [0.4, 0.5) is 4.39 Å². The van der Waals surface area contributed by atoms with E-state index in [1.165, 1.54) is 0 Å². The summed E-state index contributed by atoms with van der Waals surface area (Å²) in [6.45, 7) is 5.56. The molecule has 0 saturated carbocycles. The third-order valence-corrected chi connectivity index (χ3v) is 3.28. The molecule has 0 unspecified atom stereocenters. The summed E-state index contributed by atoms with van der Waals surface area (Å²) < 4.78 is 14.9. The highest BCUT2D eigenvalue weighted by atomic mass is 19.1. The smallest absolute Gasteiger partial charge is 0.150 e. The molecule has 0 aliphatic rings. The first-order chi connectivity index (χ1) is 9.93. The SMILES string of the molecule is CC(C)(C)/C(F)=C(\c1ccccc1)c1ccc(C=O)cc1. The van der Waals surface area contributed by atoms with Gasteiger partial charge in [0.25, 0.3) is 0 Å². The molecule has 2 aromatic carbocycles. The molecule has 0 amide bonds. The van der Waals surface area contributed by atoms with Gasteiger partial charge in [0.05, 0.1) is 0 Å². The first kappa shape index (κ1) is 15.2. The average molecular weight is 282 g/mol. The second-order valence-corrected chi connectivity index (χ2v) is 6.04. The zero-order chi connectivity index (χ0) is 15.5. The minimum atomic E-state index is -0.575. The van der Waals surface area contributed by atoms with Gasteiger partial charge in [-0.2, -0.15) is 0 Å². The summed E-state index contributed by atoms with van der Waals surface area (Å²) in [5, 5.41) is 0. The van der Waals surface area contributed by atoms with Crippen molar-refractivity contribution in [1.82, 2.24) is 0 Å². The maximum Gasteiger partial charge on any atom is 0.150 e. The molecule has 0 aromatic heterocycles. The van der Waals surface area contributed by atoms with E-state index in [0.29, 0.717) is 11.1 Å². The molecule has 2 aromatic rings. The molecule has 0 heterocycles. The minimum Gasteiger partial charge on any atom is -0.298 e. The van der Waals surface area contributed by atoms with Crippen LogP contribution < -0.4 is 0 Å². The van der Waals surface area contributed by atoms with E-state index in [-0.39, 0.29) is 5.83 Å². The van der Waals surface area contributed by atoms with Crippen LogP contribution in [0.25, 0.3) is 5.57 Å². The first-order valence-corrected chi connectivity index (χ1v) is 6.95. The van der Waals surface area contributed by atoms with Crippen LogP contribution in [0.15, 0.2) is 60.4 Å². The van der Waals surface area contributed by atoms with Crippen LogP contribution >= 0.6 is 0 Å². The first-order valence-electron chi connectivity index (χ1n) is 6.95. The fourth-order valence-electron chi connectivity index (χ4n) is 2.13. The summed E-state index contributed by atoms with van der Waals surface area (Å²) in [4.78, 5) is 10.8. The van der Waals surface area contributed by atoms with E-state index in [9.17, 15) is 9.18 Å². The third kappa shape index (κ3) is 3.46. The van der Waals surface area contributed by atoms with Gasteiger partial charge in [0, 0.05) is 16.6 Å². The molecular formula is C19H19FO. The van der Waals surface area contributed by atoms with E-state index < -0.39 is 5.41 Å². The molecule has 2 rings (SSSR count). The van der Waals surface area contributed by atoms with Crippen molar-refractivity contribution in [2.45, 2.75) is 20.8 Å². The monoisotopic (exact) mass is 282 g/mol. The van der Waals surface area contributed by atoms with Crippen molar-refractivity contribution in [3.8, 4) is 0 Å². The van der Waals surface area contributed by atoms with Crippen LogP contribution in [0.2, 0.25) is 0 Å². The number of allylic oxidation sites excluding steroid dienone is 1. The van der Waals surface area contributed by atoms with E-state index in [1.807, 2.05) is 51.1 Å². The average Bonchev–Trinajstić information content (AvgIpc) is 2.48. The van der Waals surface area contributed by atoms with Gasteiger partial charge in [0.2, 0.25) is 0 Å². The summed E-state index contributed by atoms with van der Waals surface area (Å²) in [6, 6.07) is 16.5. The lowest BCUT2D eigenvalue weighted by Crippen LogP contribution is -2.09. The lowest BCUT2D eigenvalue weighted by atomic mass is 9.86. The molecule has 2 heteroatoms. The lowest BCUT2D eigenvalue weighted by molar-refractivity contribution is 0.112. The Morgan fingerprint density at radius 2 is 1.43 bits per heavy atom. The van der Waals surface area contributed by atoms with Gasteiger partial charge in [-0.3, -0.25) is 4.79 Å². The molecule has 0 spiro atoms. The Bertz CT molecular complexity index is 646. The van der Waals surface area contributed by atoms with Crippen molar-refractivity contribution in [3.63, 3.8) is 0 Å². The summed E-state index contributed by atoms with van der Waals surface area (Å²) >= 11 is 0. The van der Waals surface area contributed by atoms with Crippen molar-refractivity contribution in [3.05, 3.63) is 77.1 Å². The zero-order valence-corrected chi connectivity index (χ0v) is 12.6. The largest absolute Gasteiger partial charge is 0.298 e. The van der Waals surface area contributed by atoms with Crippen molar-refractivity contribution in [2.24, 2.45) is 5.41 Å². The second-order valence-electron chi connectivity index (χ2n) is 6.04. The molecule has 0 aliphatic heterocycles. The normalized spacial score (nSPS) is 12.8. The Kier molecular flexibility index (Phi) is 4.37. The molecule has 21 heavy (non-hydrogen) atoms. The van der Waals surface area contributed by atoms with Crippen molar-refractivity contribution < 1.29 is 9.18 Å². The standard InChI is InChI=1S/C19H19FO/c1-19(2,3)18(20)17(15-7-5-4-6-8-15)16-11-9-14(13-21)10-12-16/h4-13H,1-3H3/b18-17-. The van der Waals surface area contributed by atoms with E-state index in [4.69, 9.17) is 0 Å². The Labute approximate surface area is 125 Å². The van der Waals surface area contributed by atoms with Crippen LogP contribution in [-0.4, -0.2) is 6.29 Å². The van der Waals surface area contributed by atoms with E-state index in [0.717, 1.165) is 17.4 Å². The summed E-state index contributed by atoms with van der Waals surface area (Å²) in [7, 11) is 0. The molecule has 0 fully saturated rings. The summed E-state index contributed by atoms with van der Waals surface area (Å²) in [5.74, 6) is -0.160. The van der Waals surface area contributed by atoms with Gasteiger partial charge < -0.3 is 0 Å². The topological polar surface area (TPSA) is 17.1 Å². The highest BCUT2D eigenvalue weighted by Gasteiger charge is 2.23. The number of rotatable bonds is 3. The molecular weight excluding hydrogens is 263 g/mol. The zero-order valence-electron chi connectivity index (χ0n) is 12.6. The van der Waals surface area contributed by atoms with Crippen LogP contribution in [0, 0.1) is 5.41 Å². The number of carbonyl (C=O) groups is 1. The number of carbonyl (C=O) groups excluding carboxylic acids is 1. The highest BCUT2D eigenvalue weighted by molar-refractivity contribution is 5.83. The number of aldehydes is 1. The molecule has 1 nitrogen and oxygen atoms in total. The third-order valence-electron chi connectivity index (χ3n) is 3.28. The van der Waals surface area contributed by atoms with Crippen LogP contribution in [0.1, 0.15) is 42.3 Å². The number of hydrogen-bond donors (Lipinski definition) is 0. The van der Waals surface area contributed by atoms with Gasteiger partial charge in [-0.1, -0.05) is 75.4 Å². The number of hydrogen-bond acceptors (Lipinski definition) is 1. The van der Waals surface area contributed by atoms with Crippen molar-refractivity contribution >= 4 is 11.9 Å². The Morgan fingerprint density at radius 1 is 0.905 bits per heavy atom.